The topological polar surface area (TPSA) is 192 Å². The number of amides is 7. The number of carbonyl (C=O) groups excluding carboxylic acids is 6. The first-order valence-electron chi connectivity index (χ1n) is 16.0. The summed E-state index contributed by atoms with van der Waals surface area (Å²) in [5, 5.41) is 13.5. The molecule has 7 amide bonds. The van der Waals surface area contributed by atoms with Crippen LogP contribution in [0.15, 0.2) is 60.7 Å². The highest BCUT2D eigenvalue weighted by Gasteiger charge is 2.38. The lowest BCUT2D eigenvalue weighted by molar-refractivity contribution is -0.141. The molecule has 7 N–H and O–H groups in total. The zero-order valence-corrected chi connectivity index (χ0v) is 27.3. The molecule has 254 valence electrons. The molecule has 47 heavy (non-hydrogen) atoms. The number of rotatable bonds is 16. The SMILES string of the molecule is CNC(=O)[C@@H]1CCCN1C(=O)[C@H](Cc1ccccc1)NC(=O)[C@H](CCCNC(N)=O)NC(=O)[C@H](Cc1ccccc1)NC(=O)C(C)C. The number of likely N-dealkylation sites (tertiary alicyclic amines) is 1. The van der Waals surface area contributed by atoms with Gasteiger partial charge in [-0.3, -0.25) is 24.0 Å². The monoisotopic (exact) mass is 649 g/mol. The molecule has 2 aromatic rings. The quantitative estimate of drug-likeness (QED) is 0.146. The lowest BCUT2D eigenvalue weighted by atomic mass is 10.0. The van der Waals surface area contributed by atoms with Crippen LogP contribution in [0, 0.1) is 5.92 Å². The van der Waals surface area contributed by atoms with Crippen LogP contribution in [0.25, 0.3) is 0 Å². The van der Waals surface area contributed by atoms with Crippen molar-refractivity contribution in [3.8, 4) is 0 Å². The summed E-state index contributed by atoms with van der Waals surface area (Å²) in [4.78, 5) is 79.5. The number of hydrogen-bond acceptors (Lipinski definition) is 6. The van der Waals surface area contributed by atoms with E-state index in [0.29, 0.717) is 19.4 Å². The summed E-state index contributed by atoms with van der Waals surface area (Å²) < 4.78 is 0. The van der Waals surface area contributed by atoms with Crippen molar-refractivity contribution in [1.82, 2.24) is 31.5 Å². The molecule has 0 aromatic heterocycles. The highest BCUT2D eigenvalue weighted by atomic mass is 16.2. The van der Waals surface area contributed by atoms with Crippen LogP contribution in [0.4, 0.5) is 4.79 Å². The summed E-state index contributed by atoms with van der Waals surface area (Å²) in [5.41, 5.74) is 6.81. The smallest absolute Gasteiger partial charge is 0.312 e. The highest BCUT2D eigenvalue weighted by molar-refractivity contribution is 5.96. The standard InChI is InChI=1S/C34H47N7O6/c1-22(2)29(42)39-26(20-23-12-6-4-7-13-23)31(44)38-25(16-10-18-37-34(35)47)30(43)40-27(21-24-14-8-5-9-15-24)33(46)41-19-11-17-28(41)32(45)36-3/h4-9,12-15,22,25-28H,10-11,16-21H2,1-3H3,(H,36,45)(H,38,44)(H,39,42)(H,40,43)(H3,35,37,47)/t25-,26-,27-,28-/m0/s1. The number of likely N-dealkylation sites (N-methyl/N-ethyl adjacent to an activating group) is 1. The molecular weight excluding hydrogens is 602 g/mol. The molecule has 13 heteroatoms. The fourth-order valence-corrected chi connectivity index (χ4v) is 5.45. The van der Waals surface area contributed by atoms with E-state index in [1.165, 1.54) is 11.9 Å². The van der Waals surface area contributed by atoms with Crippen molar-refractivity contribution in [3.63, 3.8) is 0 Å². The number of primary amides is 1. The average molecular weight is 650 g/mol. The molecule has 13 nitrogen and oxygen atoms in total. The van der Waals surface area contributed by atoms with Gasteiger partial charge < -0.3 is 37.2 Å². The van der Waals surface area contributed by atoms with E-state index in [1.54, 1.807) is 13.8 Å². The number of hydrogen-bond donors (Lipinski definition) is 6. The van der Waals surface area contributed by atoms with E-state index in [1.807, 2.05) is 60.7 Å². The van der Waals surface area contributed by atoms with Crippen molar-refractivity contribution in [2.45, 2.75) is 76.5 Å². The molecular formula is C34H47N7O6. The van der Waals surface area contributed by atoms with Crippen molar-refractivity contribution in [1.29, 1.82) is 0 Å². The van der Waals surface area contributed by atoms with Gasteiger partial charge in [-0.15, -0.1) is 0 Å². The van der Waals surface area contributed by atoms with E-state index >= 15 is 0 Å². The van der Waals surface area contributed by atoms with E-state index in [2.05, 4.69) is 26.6 Å². The van der Waals surface area contributed by atoms with Crippen LogP contribution in [-0.2, 0) is 36.8 Å². The molecule has 0 aliphatic carbocycles. The molecule has 2 aromatic carbocycles. The van der Waals surface area contributed by atoms with E-state index in [4.69, 9.17) is 5.73 Å². The number of urea groups is 1. The van der Waals surface area contributed by atoms with Gasteiger partial charge in [0.25, 0.3) is 0 Å². The zero-order chi connectivity index (χ0) is 34.3. The predicted octanol–water partition coefficient (Wildman–Crippen LogP) is 0.768. The molecule has 1 heterocycles. The number of nitrogens with one attached hydrogen (secondary N) is 5. The van der Waals surface area contributed by atoms with Crippen LogP contribution in [0.3, 0.4) is 0 Å². The fraction of sp³-hybridized carbons (Fsp3) is 0.471. The van der Waals surface area contributed by atoms with Gasteiger partial charge >= 0.3 is 6.03 Å². The van der Waals surface area contributed by atoms with Gasteiger partial charge in [0, 0.05) is 38.9 Å². The maximum absolute atomic E-state index is 13.9. The van der Waals surface area contributed by atoms with Crippen molar-refractivity contribution in [2.75, 3.05) is 20.1 Å². The number of carbonyl (C=O) groups is 6. The Morgan fingerprint density at radius 3 is 1.87 bits per heavy atom. The number of nitrogens with zero attached hydrogens (tertiary/aromatic N) is 1. The molecule has 1 aliphatic rings. The first kappa shape index (κ1) is 36.5. The Morgan fingerprint density at radius 1 is 0.787 bits per heavy atom. The van der Waals surface area contributed by atoms with E-state index < -0.39 is 47.9 Å². The van der Waals surface area contributed by atoms with Gasteiger partial charge in [0.15, 0.2) is 0 Å². The maximum atomic E-state index is 13.9. The van der Waals surface area contributed by atoms with E-state index in [-0.39, 0.29) is 50.0 Å². The van der Waals surface area contributed by atoms with Gasteiger partial charge in [0.2, 0.25) is 29.5 Å². The van der Waals surface area contributed by atoms with E-state index in [9.17, 15) is 28.8 Å². The zero-order valence-electron chi connectivity index (χ0n) is 27.3. The second kappa shape index (κ2) is 18.3. The second-order valence-electron chi connectivity index (χ2n) is 12.0. The Kier molecular flexibility index (Phi) is 14.2. The second-order valence-corrected chi connectivity index (χ2v) is 12.0. The van der Waals surface area contributed by atoms with E-state index in [0.717, 1.165) is 11.1 Å². The summed E-state index contributed by atoms with van der Waals surface area (Å²) in [6.45, 7) is 3.95. The number of nitrogens with two attached hydrogens (primary N) is 1. The van der Waals surface area contributed by atoms with Gasteiger partial charge in [-0.05, 0) is 36.8 Å². The Balaban J connectivity index is 1.87. The minimum atomic E-state index is -1.12. The maximum Gasteiger partial charge on any atom is 0.312 e. The molecule has 1 aliphatic heterocycles. The highest BCUT2D eigenvalue weighted by Crippen LogP contribution is 2.20. The Morgan fingerprint density at radius 2 is 1.32 bits per heavy atom. The van der Waals surface area contributed by atoms with Crippen molar-refractivity contribution in [3.05, 3.63) is 71.8 Å². The van der Waals surface area contributed by atoms with Gasteiger partial charge in [-0.2, -0.15) is 0 Å². The Hall–Kier alpha value is -4.94. The predicted molar refractivity (Wildman–Crippen MR) is 177 cm³/mol. The molecule has 0 spiro atoms. The molecule has 1 fully saturated rings. The number of benzene rings is 2. The largest absolute Gasteiger partial charge is 0.357 e. The first-order valence-corrected chi connectivity index (χ1v) is 16.0. The molecule has 0 bridgehead atoms. The van der Waals surface area contributed by atoms with Gasteiger partial charge in [-0.1, -0.05) is 74.5 Å². The van der Waals surface area contributed by atoms with Crippen LogP contribution < -0.4 is 32.3 Å². The van der Waals surface area contributed by atoms with Gasteiger partial charge in [0.1, 0.15) is 24.2 Å². The first-order chi connectivity index (χ1) is 22.5. The normalized spacial score (nSPS) is 16.0. The molecule has 4 atom stereocenters. The lowest BCUT2D eigenvalue weighted by Gasteiger charge is -2.30. The summed E-state index contributed by atoms with van der Waals surface area (Å²) in [5.74, 6) is -2.57. The molecule has 1 saturated heterocycles. The van der Waals surface area contributed by atoms with Crippen LogP contribution >= 0.6 is 0 Å². The van der Waals surface area contributed by atoms with Crippen LogP contribution in [0.1, 0.15) is 50.7 Å². The third-order valence-electron chi connectivity index (χ3n) is 8.02. The minimum absolute atomic E-state index is 0.102. The van der Waals surface area contributed by atoms with Crippen LogP contribution in [0.2, 0.25) is 0 Å². The van der Waals surface area contributed by atoms with Crippen molar-refractivity contribution >= 4 is 35.6 Å². The van der Waals surface area contributed by atoms with Crippen molar-refractivity contribution < 1.29 is 28.8 Å². The summed E-state index contributed by atoms with van der Waals surface area (Å²) in [7, 11) is 1.52. The van der Waals surface area contributed by atoms with Gasteiger partial charge in [0.05, 0.1) is 0 Å². The van der Waals surface area contributed by atoms with Crippen LogP contribution in [0.5, 0.6) is 0 Å². The average Bonchev–Trinajstić information content (AvgIpc) is 3.55. The van der Waals surface area contributed by atoms with Crippen molar-refractivity contribution in [2.24, 2.45) is 11.7 Å². The summed E-state index contributed by atoms with van der Waals surface area (Å²) in [6.07, 6.45) is 1.89. The Bertz CT molecular complexity index is 1370. The van der Waals surface area contributed by atoms with Crippen LogP contribution in [-0.4, -0.2) is 84.8 Å². The summed E-state index contributed by atoms with van der Waals surface area (Å²) in [6, 6.07) is 13.9. The molecule has 0 unspecified atom stereocenters. The lowest BCUT2D eigenvalue weighted by Crippen LogP contribution is -2.59. The minimum Gasteiger partial charge on any atom is -0.357 e. The summed E-state index contributed by atoms with van der Waals surface area (Å²) >= 11 is 0. The van der Waals surface area contributed by atoms with Gasteiger partial charge in [-0.25, -0.2) is 4.79 Å². The molecule has 0 radical (unpaired) electrons. The molecule has 0 saturated carbocycles. The fourth-order valence-electron chi connectivity index (χ4n) is 5.45. The third-order valence-corrected chi connectivity index (χ3v) is 8.02. The molecule has 3 rings (SSSR count). The Labute approximate surface area is 275 Å². The third kappa shape index (κ3) is 11.4.